The molecule has 0 aliphatic heterocycles. The monoisotopic (exact) mass is 173 g/mol. The van der Waals surface area contributed by atoms with Crippen LogP contribution in [-0.4, -0.2) is 10.8 Å². The first-order chi connectivity index (χ1) is 6.27. The normalized spacial score (nSPS) is 13.9. The molecule has 0 radical (unpaired) electrons. The summed E-state index contributed by atoms with van der Waals surface area (Å²) in [4.78, 5) is 15.2. The molecule has 66 valence electrons. The van der Waals surface area contributed by atoms with E-state index < -0.39 is 0 Å². The number of aromatic nitrogens is 1. The van der Waals surface area contributed by atoms with Crippen molar-refractivity contribution in [3.8, 4) is 0 Å². The van der Waals surface area contributed by atoms with Gasteiger partial charge in [0.25, 0.3) is 0 Å². The van der Waals surface area contributed by atoms with Crippen LogP contribution in [0.25, 0.3) is 6.08 Å². The van der Waals surface area contributed by atoms with Gasteiger partial charge in [0.1, 0.15) is 5.69 Å². The van der Waals surface area contributed by atoms with E-state index in [0.717, 1.165) is 18.4 Å². The van der Waals surface area contributed by atoms with E-state index in [1.165, 1.54) is 5.56 Å². The minimum absolute atomic E-state index is 0.0294. The lowest BCUT2D eigenvalue weighted by atomic mass is 9.98. The zero-order chi connectivity index (χ0) is 9.26. The number of carbonyl (C=O) groups is 1. The van der Waals surface area contributed by atoms with Crippen molar-refractivity contribution in [1.82, 2.24) is 4.98 Å². The molecule has 0 unspecified atom stereocenters. The fourth-order valence-electron chi connectivity index (χ4n) is 1.50. The fraction of sp³-hybridized carbons (Fsp3) is 0.273. The molecule has 0 fully saturated rings. The van der Waals surface area contributed by atoms with E-state index >= 15 is 0 Å². The number of pyridine rings is 1. The van der Waals surface area contributed by atoms with Crippen molar-refractivity contribution >= 4 is 11.9 Å². The van der Waals surface area contributed by atoms with Gasteiger partial charge in [-0.2, -0.15) is 0 Å². The highest BCUT2D eigenvalue weighted by Gasteiger charge is 2.07. The number of ketones is 1. The summed E-state index contributed by atoms with van der Waals surface area (Å²) in [5, 5.41) is 0. The Labute approximate surface area is 77.3 Å². The van der Waals surface area contributed by atoms with E-state index in [2.05, 4.69) is 17.1 Å². The summed E-state index contributed by atoms with van der Waals surface area (Å²) in [5.74, 6) is 0.0294. The molecule has 0 aromatic carbocycles. The SMILES string of the molecule is CC(=O)c1cc2c(cn1)CCC=C2. The van der Waals surface area contributed by atoms with Crippen LogP contribution in [0.1, 0.15) is 35.0 Å². The smallest absolute Gasteiger partial charge is 0.178 e. The lowest BCUT2D eigenvalue weighted by Crippen LogP contribution is -2.01. The van der Waals surface area contributed by atoms with E-state index in [1.54, 1.807) is 6.92 Å². The minimum atomic E-state index is 0.0294. The van der Waals surface area contributed by atoms with Gasteiger partial charge in [-0.15, -0.1) is 0 Å². The number of hydrogen-bond acceptors (Lipinski definition) is 2. The molecule has 2 heteroatoms. The highest BCUT2D eigenvalue weighted by molar-refractivity contribution is 5.92. The Bertz CT molecular complexity index is 380. The van der Waals surface area contributed by atoms with Crippen LogP contribution in [0.3, 0.4) is 0 Å². The van der Waals surface area contributed by atoms with Crippen LogP contribution in [0.15, 0.2) is 18.3 Å². The molecule has 0 atom stereocenters. The molecule has 1 aliphatic rings. The van der Waals surface area contributed by atoms with Gasteiger partial charge in [-0.05, 0) is 30.0 Å². The summed E-state index contributed by atoms with van der Waals surface area (Å²) in [6.45, 7) is 1.54. The highest BCUT2D eigenvalue weighted by atomic mass is 16.1. The average Bonchev–Trinajstić information content (AvgIpc) is 2.17. The van der Waals surface area contributed by atoms with Crippen LogP contribution < -0.4 is 0 Å². The van der Waals surface area contributed by atoms with E-state index in [4.69, 9.17) is 0 Å². The number of allylic oxidation sites excluding steroid dienone is 1. The minimum Gasteiger partial charge on any atom is -0.293 e. The molecule has 0 bridgehead atoms. The summed E-state index contributed by atoms with van der Waals surface area (Å²) < 4.78 is 0. The van der Waals surface area contributed by atoms with E-state index in [0.29, 0.717) is 5.69 Å². The summed E-state index contributed by atoms with van der Waals surface area (Å²) >= 11 is 0. The Kier molecular flexibility index (Phi) is 1.97. The molecule has 2 rings (SSSR count). The number of hydrogen-bond donors (Lipinski definition) is 0. The third-order valence-corrected chi connectivity index (χ3v) is 2.26. The molecule has 1 heterocycles. The van der Waals surface area contributed by atoms with Gasteiger partial charge in [0.2, 0.25) is 0 Å². The van der Waals surface area contributed by atoms with E-state index in [9.17, 15) is 4.79 Å². The molecule has 0 amide bonds. The van der Waals surface area contributed by atoms with Gasteiger partial charge >= 0.3 is 0 Å². The topological polar surface area (TPSA) is 30.0 Å². The largest absolute Gasteiger partial charge is 0.293 e. The maximum atomic E-state index is 11.0. The number of Topliss-reactive ketones (excluding diaryl/α,β-unsaturated/α-hetero) is 1. The Hall–Kier alpha value is -1.44. The summed E-state index contributed by atoms with van der Waals surface area (Å²) in [6, 6.07) is 1.87. The van der Waals surface area contributed by atoms with Crippen LogP contribution >= 0.6 is 0 Å². The summed E-state index contributed by atoms with van der Waals surface area (Å²) in [5.41, 5.74) is 2.95. The number of fused-ring (bicyclic) bond motifs is 1. The predicted octanol–water partition coefficient (Wildman–Crippen LogP) is 2.24. The fourth-order valence-corrected chi connectivity index (χ4v) is 1.50. The third kappa shape index (κ3) is 1.52. The van der Waals surface area contributed by atoms with Gasteiger partial charge in [0, 0.05) is 13.1 Å². The zero-order valence-electron chi connectivity index (χ0n) is 7.58. The van der Waals surface area contributed by atoms with Crippen LogP contribution in [-0.2, 0) is 6.42 Å². The van der Waals surface area contributed by atoms with Crippen molar-refractivity contribution in [2.24, 2.45) is 0 Å². The van der Waals surface area contributed by atoms with Gasteiger partial charge in [0.05, 0.1) is 0 Å². The average molecular weight is 173 g/mol. The summed E-state index contributed by atoms with van der Waals surface area (Å²) in [7, 11) is 0. The first-order valence-electron chi connectivity index (χ1n) is 4.44. The molecule has 0 saturated carbocycles. The Morgan fingerprint density at radius 1 is 1.54 bits per heavy atom. The van der Waals surface area contributed by atoms with Gasteiger partial charge < -0.3 is 0 Å². The van der Waals surface area contributed by atoms with Crippen molar-refractivity contribution < 1.29 is 4.79 Å². The molecule has 1 aromatic heterocycles. The van der Waals surface area contributed by atoms with Gasteiger partial charge in [0.15, 0.2) is 5.78 Å². The second-order valence-electron chi connectivity index (χ2n) is 3.27. The Morgan fingerprint density at radius 3 is 3.15 bits per heavy atom. The van der Waals surface area contributed by atoms with Crippen molar-refractivity contribution in [2.45, 2.75) is 19.8 Å². The standard InChI is InChI=1S/C11H11NO/c1-8(13)11-6-9-4-2-3-5-10(9)7-12-11/h2,4,6-7H,3,5H2,1H3. The Balaban J connectivity index is 2.48. The first kappa shape index (κ1) is 8.17. The molecule has 13 heavy (non-hydrogen) atoms. The van der Waals surface area contributed by atoms with Crippen LogP contribution in [0.5, 0.6) is 0 Å². The van der Waals surface area contributed by atoms with Crippen LogP contribution in [0.4, 0.5) is 0 Å². The predicted molar refractivity (Wildman–Crippen MR) is 51.6 cm³/mol. The van der Waals surface area contributed by atoms with Crippen LogP contribution in [0, 0.1) is 0 Å². The zero-order valence-corrected chi connectivity index (χ0v) is 7.58. The van der Waals surface area contributed by atoms with Crippen molar-refractivity contribution in [2.75, 3.05) is 0 Å². The maximum absolute atomic E-state index is 11.0. The molecule has 1 aromatic rings. The quantitative estimate of drug-likeness (QED) is 0.609. The molecule has 2 nitrogen and oxygen atoms in total. The maximum Gasteiger partial charge on any atom is 0.178 e. The van der Waals surface area contributed by atoms with Crippen molar-refractivity contribution in [1.29, 1.82) is 0 Å². The third-order valence-electron chi connectivity index (χ3n) is 2.26. The molecule has 0 saturated heterocycles. The van der Waals surface area contributed by atoms with E-state index in [1.807, 2.05) is 12.3 Å². The first-order valence-corrected chi connectivity index (χ1v) is 4.44. The highest BCUT2D eigenvalue weighted by Crippen LogP contribution is 2.18. The van der Waals surface area contributed by atoms with Crippen LogP contribution in [0.2, 0.25) is 0 Å². The molecular formula is C11H11NO. The lowest BCUT2D eigenvalue weighted by Gasteiger charge is -2.09. The van der Waals surface area contributed by atoms with Gasteiger partial charge in [-0.3, -0.25) is 9.78 Å². The molecule has 0 spiro atoms. The number of rotatable bonds is 1. The van der Waals surface area contributed by atoms with Crippen molar-refractivity contribution in [3.63, 3.8) is 0 Å². The van der Waals surface area contributed by atoms with E-state index in [-0.39, 0.29) is 5.78 Å². The number of carbonyl (C=O) groups excluding carboxylic acids is 1. The second-order valence-corrected chi connectivity index (χ2v) is 3.27. The second kappa shape index (κ2) is 3.13. The molecule has 1 aliphatic carbocycles. The summed E-state index contributed by atoms with van der Waals surface area (Å²) in [6.07, 6.45) is 8.12. The van der Waals surface area contributed by atoms with Gasteiger partial charge in [-0.1, -0.05) is 12.2 Å². The lowest BCUT2D eigenvalue weighted by molar-refractivity contribution is 0.101. The van der Waals surface area contributed by atoms with Gasteiger partial charge in [-0.25, -0.2) is 0 Å². The molecule has 0 N–H and O–H groups in total. The Morgan fingerprint density at radius 2 is 2.38 bits per heavy atom. The molecular weight excluding hydrogens is 162 g/mol. The number of nitrogens with zero attached hydrogens (tertiary/aromatic N) is 1. The number of aryl methyl sites for hydroxylation is 1. The van der Waals surface area contributed by atoms with Crippen molar-refractivity contribution in [3.05, 3.63) is 35.2 Å².